The number of halogens is 16. The zero-order valence-corrected chi connectivity index (χ0v) is 83.7. The first-order valence-electron chi connectivity index (χ1n) is 44.9. The van der Waals surface area contributed by atoms with E-state index in [0.717, 1.165) is 120 Å². The van der Waals surface area contributed by atoms with Crippen LogP contribution in [-0.2, 0) is 77.7 Å². The first-order valence-corrected chi connectivity index (χ1v) is 50.2. The Labute approximate surface area is 857 Å². The van der Waals surface area contributed by atoms with E-state index in [4.69, 9.17) is 16.0 Å². The van der Waals surface area contributed by atoms with E-state index in [1.807, 2.05) is 83.4 Å². The minimum absolute atomic E-state index is 0.0296. The topological polar surface area (TPSA) is 351 Å². The first-order chi connectivity index (χ1) is 70.3. The molecule has 2 N–H and O–H groups in total. The summed E-state index contributed by atoms with van der Waals surface area (Å²) in [5.41, 5.74) is 3.49. The van der Waals surface area contributed by atoms with Crippen molar-refractivity contribution in [1.82, 2.24) is 93.4 Å². The summed E-state index contributed by atoms with van der Waals surface area (Å²) in [7, 11) is 3.65. The summed E-state index contributed by atoms with van der Waals surface area (Å²) in [5, 5.41) is 52.6. The van der Waals surface area contributed by atoms with Crippen molar-refractivity contribution in [3.05, 3.63) is 316 Å². The smallest absolute Gasteiger partial charge is 0.425 e. The summed E-state index contributed by atoms with van der Waals surface area (Å²) >= 11 is 10.6. The van der Waals surface area contributed by atoms with Crippen LogP contribution in [0.25, 0.3) is 16.7 Å². The van der Waals surface area contributed by atoms with Crippen molar-refractivity contribution in [2.24, 2.45) is 14.1 Å². The summed E-state index contributed by atoms with van der Waals surface area (Å²) in [6, 6.07) is 27.0. The Kier molecular flexibility index (Phi) is 32.8. The lowest BCUT2D eigenvalue weighted by Crippen LogP contribution is -2.47. The second kappa shape index (κ2) is 45.5. The maximum atomic E-state index is 12.7. The standard InChI is InChI=1S/C19H17ClF3N5OS.C19H17F3N4O3S.C18H17F3N6O2S.C18H17F3N6OS.C18H18F3N5OS2/c20-13-1-3-14(4-2-13)26-7-9-27(10-8-26)17-11-24-28(18(29)25-17)12-15-5-6-16(30-15)19(21,22)23;1-11-2-4-15(29-11)13-6-7-25(10-14(13)27)17-8-23-26(18(28)24-17)9-12-3-5-16(30-12)19(20,21)22;1-25-8-11(6-22-25)13-4-5-26(10-14(13)28)16-7-23-27(17(29)24-16)9-12-2-3-15(30-12)18(19,20)21;1-25-7-6-14(24-25)12-4-8-26(9-5-12)16-10-22-27(17(28)23-16)11-13-2-3-15(29-13)18(19,20)21;1-12-8-13(11-28-12)24-4-6-25(7-5-24)16-9-22-26(17(27)23-16)10-14-2-3-15(29-14)18(19,20)21/h1-6,11H,7-10,12H2;2-6,8,14,27H,7,9-10H2,1H3;2-4,6-8,14,28H,5,9-10H2,1H3;2-4,6-7,10H,5,8-9,11H2,1H3;2-3,8-9,11H,4-7,10H2,1H3/t;2*14-;;/m.00../s1. The van der Waals surface area contributed by atoms with Crippen LogP contribution in [0.1, 0.15) is 82.8 Å². The van der Waals surface area contributed by atoms with E-state index in [9.17, 15) is 100 Å². The molecule has 34 nitrogen and oxygen atoms in total. The number of anilines is 7. The quantitative estimate of drug-likeness (QED) is 0.0669. The van der Waals surface area contributed by atoms with Gasteiger partial charge in [-0.1, -0.05) is 29.8 Å². The molecule has 0 bridgehead atoms. The molecule has 0 amide bonds. The molecule has 0 saturated carbocycles. The number of alkyl halides is 15. The molecule has 2 saturated heterocycles. The zero-order chi connectivity index (χ0) is 105. The van der Waals surface area contributed by atoms with Crippen molar-refractivity contribution in [2.45, 2.75) is 96.1 Å². The predicted molar refractivity (Wildman–Crippen MR) is 530 cm³/mol. The molecular weight excluding hydrogens is 2110 g/mol. The number of β-amino-alcohol motifs (C(OH)–C–C–N with tert-alkyl or cyclic N) is 2. The molecular formula is C92H86ClF15N26O8S6. The fourth-order valence-corrected chi connectivity index (χ4v) is 20.9. The van der Waals surface area contributed by atoms with Crippen LogP contribution in [0, 0.1) is 13.8 Å². The molecule has 20 rings (SSSR count). The van der Waals surface area contributed by atoms with E-state index in [1.54, 1.807) is 62.1 Å². The number of hydrogen-bond donors (Lipinski definition) is 2. The molecule has 14 aromatic heterocycles. The van der Waals surface area contributed by atoms with Gasteiger partial charge in [0.2, 0.25) is 0 Å². The van der Waals surface area contributed by atoms with Crippen molar-refractivity contribution >= 4 is 137 Å². The van der Waals surface area contributed by atoms with Crippen molar-refractivity contribution in [3.8, 4) is 0 Å². The minimum atomic E-state index is -4.42. The highest BCUT2D eigenvalue weighted by Crippen LogP contribution is 2.41. The number of rotatable bonds is 20. The number of piperazine rings is 2. The molecule has 5 aliphatic heterocycles. The highest BCUT2D eigenvalue weighted by Gasteiger charge is 2.38. The average Bonchev–Trinajstić information content (AvgIpc) is 1.46. The van der Waals surface area contributed by atoms with Crippen LogP contribution in [0.5, 0.6) is 0 Å². The minimum Gasteiger partial charge on any atom is -0.462 e. The largest absolute Gasteiger partial charge is 0.462 e. The fourth-order valence-electron chi connectivity index (χ4n) is 15.8. The molecule has 2 fully saturated rings. The Morgan fingerprint density at radius 1 is 0.385 bits per heavy atom. The van der Waals surface area contributed by atoms with Gasteiger partial charge < -0.3 is 48.9 Å². The van der Waals surface area contributed by atoms with E-state index >= 15 is 0 Å². The molecule has 15 aromatic rings. The molecule has 148 heavy (non-hydrogen) atoms. The van der Waals surface area contributed by atoms with Gasteiger partial charge in [0.05, 0.1) is 94.4 Å². The Balaban J connectivity index is 0.000000132. The Bertz CT molecular complexity index is 7400. The molecule has 5 aliphatic rings. The van der Waals surface area contributed by atoms with Gasteiger partial charge in [-0.15, -0.1) is 68.0 Å². The summed E-state index contributed by atoms with van der Waals surface area (Å²) in [6.07, 6.45) is -4.63. The van der Waals surface area contributed by atoms with Gasteiger partial charge in [0.15, 0.2) is 29.1 Å². The van der Waals surface area contributed by atoms with Crippen molar-refractivity contribution in [1.29, 1.82) is 0 Å². The van der Waals surface area contributed by atoms with Gasteiger partial charge in [-0.25, -0.2) is 47.4 Å². The lowest BCUT2D eigenvalue weighted by Gasteiger charge is -2.36. The average molecular weight is 2200 g/mol. The van der Waals surface area contributed by atoms with Gasteiger partial charge in [-0.2, -0.15) is 126 Å². The predicted octanol–water partition coefficient (Wildman–Crippen LogP) is 14.7. The second-order valence-corrected chi connectivity index (χ2v) is 41.1. The maximum Gasteiger partial charge on any atom is 0.425 e. The molecule has 0 unspecified atom stereocenters. The highest BCUT2D eigenvalue weighted by atomic mass is 35.5. The number of thiophene rings is 6. The van der Waals surface area contributed by atoms with Crippen LogP contribution in [0.3, 0.4) is 0 Å². The van der Waals surface area contributed by atoms with Crippen LogP contribution in [0.15, 0.2) is 211 Å². The van der Waals surface area contributed by atoms with Crippen LogP contribution in [-0.4, -0.2) is 207 Å². The molecule has 0 aliphatic carbocycles. The van der Waals surface area contributed by atoms with E-state index in [1.165, 1.54) is 71.9 Å². The van der Waals surface area contributed by atoms with E-state index in [-0.39, 0.29) is 51.6 Å². The van der Waals surface area contributed by atoms with Crippen LogP contribution >= 0.6 is 79.6 Å². The second-order valence-electron chi connectivity index (χ2n) is 33.7. The molecule has 56 heteroatoms. The van der Waals surface area contributed by atoms with Gasteiger partial charge in [0, 0.05) is 174 Å². The van der Waals surface area contributed by atoms with Crippen molar-refractivity contribution in [3.63, 3.8) is 0 Å². The maximum absolute atomic E-state index is 12.7. The molecule has 780 valence electrons. The molecule has 0 spiro atoms. The summed E-state index contributed by atoms with van der Waals surface area (Å²) in [6.45, 7) is 11.9. The zero-order valence-electron chi connectivity index (χ0n) is 78.1. The number of aliphatic hydroxyl groups is 2. The number of furan rings is 1. The first kappa shape index (κ1) is 107. The number of hydrogen-bond acceptors (Lipinski definition) is 33. The normalized spacial score (nSPS) is 15.9. The SMILES string of the molecule is Cc1cc(N2CCN(c3cnn(Cc4ccc(C(F)(F)F)s4)c(=O)n3)CC2)cs1.Cc1ccc(C2=CCN(c3cnn(Cc4ccc(C(F)(F)F)s4)c(=O)n3)C[C@@H]2O)o1.Cn1cc(C2=CCN(c3cnn(Cc4ccc(C(F)(F)F)s4)c(=O)n3)C[C@@H]2O)cn1.Cn1ccc(C2=CCN(c3cnn(Cc4ccc(C(F)(F)F)s4)c(=O)n3)CC2)n1.O=c1nc(N2CCN(c3ccc(Cl)cc3)CC2)cnn1Cc1ccc(C(F)(F)F)s1. The third-order valence-corrected chi connectivity index (χ3v) is 30.0. The van der Waals surface area contributed by atoms with Gasteiger partial charge in [-0.05, 0) is 141 Å². The van der Waals surface area contributed by atoms with Crippen LogP contribution < -0.4 is 62.7 Å². The lowest BCUT2D eigenvalue weighted by molar-refractivity contribution is -0.135. The molecule has 19 heterocycles. The Hall–Kier alpha value is -13.9. The number of aliphatic hydroxyl groups excluding tert-OH is 2. The Morgan fingerprint density at radius 3 is 1.03 bits per heavy atom. The third kappa shape index (κ3) is 27.4. The van der Waals surface area contributed by atoms with Crippen LogP contribution in [0.2, 0.25) is 5.02 Å². The lowest BCUT2D eigenvalue weighted by atomic mass is 10.00. The number of aromatic nitrogens is 19. The fraction of sp³-hybridized carbons (Fsp3) is 0.337. The van der Waals surface area contributed by atoms with E-state index in [0.29, 0.717) is 173 Å². The van der Waals surface area contributed by atoms with Gasteiger partial charge in [0.25, 0.3) is 0 Å². The van der Waals surface area contributed by atoms with E-state index in [2.05, 4.69) is 88.8 Å². The Morgan fingerprint density at radius 2 is 0.736 bits per heavy atom. The summed E-state index contributed by atoms with van der Waals surface area (Å²) in [5.74, 6) is 3.31. The van der Waals surface area contributed by atoms with Gasteiger partial charge >= 0.3 is 59.3 Å². The van der Waals surface area contributed by atoms with Crippen molar-refractivity contribution < 1.29 is 80.5 Å². The van der Waals surface area contributed by atoms with Crippen LogP contribution in [0.4, 0.5) is 106 Å². The number of aryl methyl sites for hydroxylation is 4. The number of benzene rings is 1. The summed E-state index contributed by atoms with van der Waals surface area (Å²) in [4.78, 5) is 95.2. The monoisotopic (exact) mass is 2190 g/mol. The highest BCUT2D eigenvalue weighted by molar-refractivity contribution is 7.13. The summed E-state index contributed by atoms with van der Waals surface area (Å²) < 4.78 is 205. The third-order valence-electron chi connectivity index (χ3n) is 23.3. The molecule has 1 aromatic carbocycles. The molecule has 0 radical (unpaired) electrons. The van der Waals surface area contributed by atoms with Crippen molar-refractivity contribution in [2.75, 3.05) is 126 Å². The number of nitrogens with zero attached hydrogens (tertiary/aromatic N) is 26. The van der Waals surface area contributed by atoms with E-state index < -0.39 is 95.9 Å². The van der Waals surface area contributed by atoms with Gasteiger partial charge in [0.1, 0.15) is 35.9 Å². The molecule has 2 atom stereocenters. The van der Waals surface area contributed by atoms with Gasteiger partial charge in [-0.3, -0.25) is 9.36 Å².